The summed E-state index contributed by atoms with van der Waals surface area (Å²) in [4.78, 5) is 28.7. The molecule has 1 heterocycles. The third-order valence-electron chi connectivity index (χ3n) is 5.13. The summed E-state index contributed by atoms with van der Waals surface area (Å²) >= 11 is 0. The van der Waals surface area contributed by atoms with Crippen molar-refractivity contribution in [1.82, 2.24) is 4.98 Å². The van der Waals surface area contributed by atoms with Gasteiger partial charge in [-0.2, -0.15) is 0 Å². The van der Waals surface area contributed by atoms with E-state index in [9.17, 15) is 9.59 Å². The minimum atomic E-state index is -0.903. The van der Waals surface area contributed by atoms with Crippen LogP contribution in [0.2, 0.25) is 0 Å². The number of fused-ring (bicyclic) bond motifs is 1. The van der Waals surface area contributed by atoms with Crippen LogP contribution in [0.25, 0.3) is 10.9 Å². The fraction of sp³-hybridized carbons (Fsp3) is 0.154. The number of Topliss-reactive ketones (excluding diaryl/α,β-unsaturated/α-hetero) is 1. The van der Waals surface area contributed by atoms with Crippen molar-refractivity contribution in [2.75, 3.05) is 0 Å². The van der Waals surface area contributed by atoms with Gasteiger partial charge in [0, 0.05) is 22.2 Å². The molecule has 5 heteroatoms. The van der Waals surface area contributed by atoms with Crippen LogP contribution in [0.1, 0.15) is 38.9 Å². The van der Waals surface area contributed by atoms with Gasteiger partial charge in [-0.1, -0.05) is 48.5 Å². The molecule has 1 atom stereocenters. The van der Waals surface area contributed by atoms with Crippen LogP contribution in [-0.2, 0) is 11.3 Å². The number of esters is 1. The van der Waals surface area contributed by atoms with Gasteiger partial charge in [0.25, 0.3) is 0 Å². The molecule has 31 heavy (non-hydrogen) atoms. The van der Waals surface area contributed by atoms with Crippen LogP contribution in [0.15, 0.2) is 78.9 Å². The molecular formula is C26H23NO4. The molecule has 0 saturated carbocycles. The van der Waals surface area contributed by atoms with Crippen molar-refractivity contribution in [3.05, 3.63) is 101 Å². The quantitative estimate of drug-likeness (QED) is 0.322. The number of aromatic amines is 1. The van der Waals surface area contributed by atoms with Gasteiger partial charge in [-0.25, -0.2) is 4.79 Å². The van der Waals surface area contributed by atoms with Crippen LogP contribution >= 0.6 is 0 Å². The number of nitrogens with one attached hydrogen (secondary N) is 1. The Morgan fingerprint density at radius 2 is 1.58 bits per heavy atom. The van der Waals surface area contributed by atoms with E-state index in [2.05, 4.69) is 4.98 Å². The van der Waals surface area contributed by atoms with Crippen molar-refractivity contribution in [2.24, 2.45) is 0 Å². The topological polar surface area (TPSA) is 68.4 Å². The van der Waals surface area contributed by atoms with E-state index in [-0.39, 0.29) is 5.78 Å². The first-order chi connectivity index (χ1) is 15.0. The monoisotopic (exact) mass is 413 g/mol. The van der Waals surface area contributed by atoms with E-state index >= 15 is 0 Å². The van der Waals surface area contributed by atoms with Gasteiger partial charge in [-0.3, -0.25) is 4.79 Å². The molecule has 0 spiro atoms. The van der Waals surface area contributed by atoms with E-state index in [0.29, 0.717) is 23.5 Å². The maximum atomic E-state index is 13.0. The van der Waals surface area contributed by atoms with Crippen LogP contribution in [0.5, 0.6) is 5.75 Å². The number of H-pyrrole nitrogens is 1. The van der Waals surface area contributed by atoms with Crippen molar-refractivity contribution in [1.29, 1.82) is 0 Å². The molecule has 1 N–H and O–H groups in total. The normalized spacial score (nSPS) is 11.8. The van der Waals surface area contributed by atoms with E-state index in [0.717, 1.165) is 22.2 Å². The summed E-state index contributed by atoms with van der Waals surface area (Å²) in [5.74, 6) is -0.127. The lowest BCUT2D eigenvalue weighted by Gasteiger charge is -2.13. The first kappa shape index (κ1) is 20.4. The highest BCUT2D eigenvalue weighted by atomic mass is 16.5. The standard InChI is InChI=1S/C26H23NO4/c1-17-24(22-10-6-7-11-23(22)27-17)25(28)18(2)31-26(29)20-12-14-21(15-13-20)30-16-19-8-4-3-5-9-19/h3-15,18,27H,16H2,1-2H3/t18-/m1/s1. The molecule has 0 saturated heterocycles. The van der Waals surface area contributed by atoms with Gasteiger partial charge in [0.1, 0.15) is 12.4 Å². The van der Waals surface area contributed by atoms with E-state index in [1.165, 1.54) is 0 Å². The Morgan fingerprint density at radius 3 is 2.32 bits per heavy atom. The maximum Gasteiger partial charge on any atom is 0.338 e. The van der Waals surface area contributed by atoms with Gasteiger partial charge in [0.2, 0.25) is 5.78 Å². The second-order valence-electron chi connectivity index (χ2n) is 7.38. The molecule has 0 radical (unpaired) electrons. The fourth-order valence-electron chi connectivity index (χ4n) is 3.51. The average Bonchev–Trinajstić information content (AvgIpc) is 3.13. The summed E-state index contributed by atoms with van der Waals surface area (Å²) in [6.45, 7) is 3.88. The van der Waals surface area contributed by atoms with Crippen molar-refractivity contribution < 1.29 is 19.1 Å². The Bertz CT molecular complexity index is 1210. The number of ketones is 1. The summed E-state index contributed by atoms with van der Waals surface area (Å²) in [5, 5.41) is 0.827. The third-order valence-corrected chi connectivity index (χ3v) is 5.13. The first-order valence-corrected chi connectivity index (χ1v) is 10.1. The molecule has 4 aromatic rings. The van der Waals surface area contributed by atoms with Crippen LogP contribution < -0.4 is 4.74 Å². The van der Waals surface area contributed by atoms with E-state index in [1.54, 1.807) is 31.2 Å². The lowest BCUT2D eigenvalue weighted by Crippen LogP contribution is -2.24. The van der Waals surface area contributed by atoms with Gasteiger partial charge >= 0.3 is 5.97 Å². The molecule has 0 bridgehead atoms. The number of aryl methyl sites for hydroxylation is 1. The fourth-order valence-corrected chi connectivity index (χ4v) is 3.51. The molecule has 0 unspecified atom stereocenters. The number of hydrogen-bond acceptors (Lipinski definition) is 4. The summed E-state index contributed by atoms with van der Waals surface area (Å²) in [7, 11) is 0. The van der Waals surface area contributed by atoms with Crippen LogP contribution in [-0.4, -0.2) is 22.8 Å². The zero-order valence-electron chi connectivity index (χ0n) is 17.4. The minimum absolute atomic E-state index is 0.230. The highest BCUT2D eigenvalue weighted by Gasteiger charge is 2.24. The molecule has 0 aliphatic rings. The lowest BCUT2D eigenvalue weighted by molar-refractivity contribution is 0.0319. The van der Waals surface area contributed by atoms with Crippen LogP contribution in [0, 0.1) is 6.92 Å². The summed E-state index contributed by atoms with van der Waals surface area (Å²) in [5.41, 5.74) is 3.62. The Balaban J connectivity index is 1.40. The van der Waals surface area contributed by atoms with Crippen molar-refractivity contribution >= 4 is 22.7 Å². The van der Waals surface area contributed by atoms with Crippen LogP contribution in [0.3, 0.4) is 0 Å². The van der Waals surface area contributed by atoms with E-state index in [4.69, 9.17) is 9.47 Å². The molecular weight excluding hydrogens is 390 g/mol. The number of para-hydroxylation sites is 1. The van der Waals surface area contributed by atoms with Gasteiger partial charge < -0.3 is 14.5 Å². The van der Waals surface area contributed by atoms with Gasteiger partial charge in [0.05, 0.1) is 5.56 Å². The molecule has 0 amide bonds. The Labute approximate surface area is 180 Å². The number of carbonyl (C=O) groups is 2. The molecule has 0 aliphatic heterocycles. The number of rotatable bonds is 7. The maximum absolute atomic E-state index is 13.0. The number of carbonyl (C=O) groups excluding carboxylic acids is 2. The van der Waals surface area contributed by atoms with Crippen LogP contribution in [0.4, 0.5) is 0 Å². The van der Waals surface area contributed by atoms with E-state index in [1.807, 2.05) is 61.5 Å². The summed E-state index contributed by atoms with van der Waals surface area (Å²) in [6, 6.07) is 24.1. The zero-order chi connectivity index (χ0) is 21.8. The summed E-state index contributed by atoms with van der Waals surface area (Å²) in [6.07, 6.45) is -0.903. The molecule has 5 nitrogen and oxygen atoms in total. The second kappa shape index (κ2) is 8.88. The molecule has 1 aromatic heterocycles. The predicted molar refractivity (Wildman–Crippen MR) is 119 cm³/mol. The molecule has 0 fully saturated rings. The molecule has 156 valence electrons. The van der Waals surface area contributed by atoms with Gasteiger partial charge in [0.15, 0.2) is 6.10 Å². The van der Waals surface area contributed by atoms with E-state index < -0.39 is 12.1 Å². The number of ether oxygens (including phenoxy) is 2. The number of aromatic nitrogens is 1. The van der Waals surface area contributed by atoms with Crippen molar-refractivity contribution in [3.63, 3.8) is 0 Å². The van der Waals surface area contributed by atoms with Gasteiger partial charge in [-0.15, -0.1) is 0 Å². The molecule has 4 rings (SSSR count). The zero-order valence-corrected chi connectivity index (χ0v) is 17.4. The largest absolute Gasteiger partial charge is 0.489 e. The Morgan fingerprint density at radius 1 is 0.903 bits per heavy atom. The minimum Gasteiger partial charge on any atom is -0.489 e. The van der Waals surface area contributed by atoms with Crippen molar-refractivity contribution in [3.8, 4) is 5.75 Å². The lowest BCUT2D eigenvalue weighted by atomic mass is 10.0. The number of hydrogen-bond donors (Lipinski definition) is 1. The Hall–Kier alpha value is -3.86. The Kier molecular flexibility index (Phi) is 5.85. The highest BCUT2D eigenvalue weighted by Crippen LogP contribution is 2.24. The summed E-state index contributed by atoms with van der Waals surface area (Å²) < 4.78 is 11.2. The van der Waals surface area contributed by atoms with Gasteiger partial charge in [-0.05, 0) is 49.7 Å². The molecule has 0 aliphatic carbocycles. The second-order valence-corrected chi connectivity index (χ2v) is 7.38. The first-order valence-electron chi connectivity index (χ1n) is 10.1. The molecule has 3 aromatic carbocycles. The average molecular weight is 413 g/mol. The smallest absolute Gasteiger partial charge is 0.338 e. The third kappa shape index (κ3) is 4.51. The SMILES string of the molecule is Cc1[nH]c2ccccc2c1C(=O)[C@@H](C)OC(=O)c1ccc(OCc2ccccc2)cc1. The predicted octanol–water partition coefficient (Wildman–Crippen LogP) is 5.48. The number of benzene rings is 3. The van der Waals surface area contributed by atoms with Crippen molar-refractivity contribution in [2.45, 2.75) is 26.6 Å². The highest BCUT2D eigenvalue weighted by molar-refractivity contribution is 6.11.